The molecule has 0 saturated carbocycles. The molecule has 1 aliphatic rings. The van der Waals surface area contributed by atoms with Crippen molar-refractivity contribution < 1.29 is 4.79 Å². The van der Waals surface area contributed by atoms with E-state index in [-0.39, 0.29) is 11.8 Å². The maximum atomic E-state index is 11.4. The van der Waals surface area contributed by atoms with E-state index in [0.29, 0.717) is 0 Å². The van der Waals surface area contributed by atoms with E-state index < -0.39 is 5.41 Å². The lowest BCUT2D eigenvalue weighted by molar-refractivity contribution is -0.129. The third kappa shape index (κ3) is 1.28. The van der Waals surface area contributed by atoms with E-state index >= 15 is 0 Å². The van der Waals surface area contributed by atoms with Crippen molar-refractivity contribution in [2.24, 2.45) is 17.2 Å². The number of hydrogen-bond donors (Lipinski definition) is 2. The lowest BCUT2D eigenvalue weighted by atomic mass is 9.75. The van der Waals surface area contributed by atoms with E-state index in [4.69, 9.17) is 5.84 Å². The molecule has 0 bridgehead atoms. The molecule has 0 aromatic heterocycles. The van der Waals surface area contributed by atoms with Crippen LogP contribution in [0.1, 0.15) is 13.8 Å². The molecular formula is C9H14N2O. The van der Waals surface area contributed by atoms with Gasteiger partial charge in [0.2, 0.25) is 5.91 Å². The van der Waals surface area contributed by atoms with Crippen molar-refractivity contribution >= 4 is 5.91 Å². The van der Waals surface area contributed by atoms with Gasteiger partial charge in [-0.1, -0.05) is 31.2 Å². The molecule has 3 heteroatoms. The Bertz CT molecular complexity index is 245. The number of amides is 1. The fraction of sp³-hybridized carbons (Fsp3) is 0.444. The Morgan fingerprint density at radius 2 is 2.25 bits per heavy atom. The Morgan fingerprint density at radius 3 is 2.75 bits per heavy atom. The maximum absolute atomic E-state index is 11.4. The third-order valence-electron chi connectivity index (χ3n) is 2.52. The molecular weight excluding hydrogens is 152 g/mol. The van der Waals surface area contributed by atoms with E-state index in [2.05, 4.69) is 5.43 Å². The fourth-order valence-electron chi connectivity index (χ4n) is 1.28. The molecule has 1 rings (SSSR count). The van der Waals surface area contributed by atoms with Crippen molar-refractivity contribution in [2.75, 3.05) is 0 Å². The molecule has 66 valence electrons. The van der Waals surface area contributed by atoms with Gasteiger partial charge in [-0.2, -0.15) is 0 Å². The molecule has 1 amide bonds. The predicted octanol–water partition coefficient (Wildman–Crippen LogP) is 0.745. The zero-order chi connectivity index (χ0) is 9.19. The van der Waals surface area contributed by atoms with E-state index in [9.17, 15) is 4.79 Å². The first kappa shape index (κ1) is 9.00. The lowest BCUT2D eigenvalue weighted by Gasteiger charge is -2.30. The number of carbonyl (C=O) groups is 1. The Morgan fingerprint density at radius 1 is 1.58 bits per heavy atom. The molecule has 0 spiro atoms. The van der Waals surface area contributed by atoms with Crippen molar-refractivity contribution in [1.29, 1.82) is 0 Å². The molecule has 0 aromatic carbocycles. The summed E-state index contributed by atoms with van der Waals surface area (Å²) in [6.07, 6.45) is 7.68. The van der Waals surface area contributed by atoms with Crippen LogP contribution in [0.3, 0.4) is 0 Å². The second kappa shape index (κ2) is 3.11. The summed E-state index contributed by atoms with van der Waals surface area (Å²) in [4.78, 5) is 11.4. The SMILES string of the molecule is CC1C=CC=CC1(C)C(=O)NN. The van der Waals surface area contributed by atoms with Gasteiger partial charge in [-0.05, 0) is 12.8 Å². The van der Waals surface area contributed by atoms with Crippen LogP contribution in [0.2, 0.25) is 0 Å². The summed E-state index contributed by atoms with van der Waals surface area (Å²) in [6.45, 7) is 3.87. The first-order chi connectivity index (χ1) is 5.61. The molecule has 0 saturated heterocycles. The zero-order valence-electron chi connectivity index (χ0n) is 7.37. The first-order valence-corrected chi connectivity index (χ1v) is 3.98. The minimum atomic E-state index is -0.497. The molecule has 3 N–H and O–H groups in total. The quantitative estimate of drug-likeness (QED) is 0.343. The molecule has 0 heterocycles. The lowest BCUT2D eigenvalue weighted by Crippen LogP contribution is -2.45. The van der Waals surface area contributed by atoms with Crippen LogP contribution in [0.15, 0.2) is 24.3 Å². The molecule has 1 aliphatic carbocycles. The predicted molar refractivity (Wildman–Crippen MR) is 47.9 cm³/mol. The number of hydrazine groups is 1. The van der Waals surface area contributed by atoms with Crippen molar-refractivity contribution in [2.45, 2.75) is 13.8 Å². The molecule has 2 atom stereocenters. The number of allylic oxidation sites excluding steroid dienone is 3. The van der Waals surface area contributed by atoms with Gasteiger partial charge < -0.3 is 0 Å². The van der Waals surface area contributed by atoms with Crippen molar-refractivity contribution in [3.8, 4) is 0 Å². The number of nitrogens with two attached hydrogens (primary N) is 1. The summed E-state index contributed by atoms with van der Waals surface area (Å²) in [5.74, 6) is 5.14. The molecule has 0 aromatic rings. The van der Waals surface area contributed by atoms with Gasteiger partial charge in [0.1, 0.15) is 0 Å². The standard InChI is InChI=1S/C9H14N2O/c1-7-5-3-4-6-9(7,2)8(12)11-10/h3-7H,10H2,1-2H3,(H,11,12). The van der Waals surface area contributed by atoms with Crippen molar-refractivity contribution in [3.63, 3.8) is 0 Å². The Balaban J connectivity index is 2.90. The van der Waals surface area contributed by atoms with Crippen LogP contribution in [0.25, 0.3) is 0 Å². The minimum Gasteiger partial charge on any atom is -0.294 e. The summed E-state index contributed by atoms with van der Waals surface area (Å²) in [6, 6.07) is 0. The highest BCUT2D eigenvalue weighted by Gasteiger charge is 2.35. The highest BCUT2D eigenvalue weighted by molar-refractivity contribution is 5.84. The van der Waals surface area contributed by atoms with Crippen molar-refractivity contribution in [1.82, 2.24) is 5.43 Å². The van der Waals surface area contributed by atoms with Crippen molar-refractivity contribution in [3.05, 3.63) is 24.3 Å². The molecule has 0 aliphatic heterocycles. The van der Waals surface area contributed by atoms with Gasteiger partial charge in [-0.25, -0.2) is 5.84 Å². The highest BCUT2D eigenvalue weighted by Crippen LogP contribution is 2.32. The van der Waals surface area contributed by atoms with Crippen LogP contribution < -0.4 is 11.3 Å². The summed E-state index contributed by atoms with van der Waals surface area (Å²) in [5.41, 5.74) is 1.68. The summed E-state index contributed by atoms with van der Waals surface area (Å²) < 4.78 is 0. The van der Waals surface area contributed by atoms with Gasteiger partial charge in [-0.3, -0.25) is 10.2 Å². The van der Waals surface area contributed by atoms with Gasteiger partial charge >= 0.3 is 0 Å². The summed E-state index contributed by atoms with van der Waals surface area (Å²) in [5, 5.41) is 0. The first-order valence-electron chi connectivity index (χ1n) is 3.98. The van der Waals surface area contributed by atoms with E-state index in [1.165, 1.54) is 0 Å². The Hall–Kier alpha value is -1.09. The van der Waals surface area contributed by atoms with Gasteiger partial charge in [-0.15, -0.1) is 0 Å². The fourth-order valence-corrected chi connectivity index (χ4v) is 1.28. The van der Waals surface area contributed by atoms with Crippen LogP contribution in [0.5, 0.6) is 0 Å². The average molecular weight is 166 g/mol. The Kier molecular flexibility index (Phi) is 2.33. The normalized spacial score (nSPS) is 33.4. The van der Waals surface area contributed by atoms with Crippen LogP contribution in [0.4, 0.5) is 0 Å². The number of hydrogen-bond acceptors (Lipinski definition) is 2. The maximum Gasteiger partial charge on any atom is 0.244 e. The van der Waals surface area contributed by atoms with Crippen LogP contribution in [-0.2, 0) is 4.79 Å². The Labute approximate surface area is 72.3 Å². The average Bonchev–Trinajstić information content (AvgIpc) is 2.09. The number of rotatable bonds is 1. The van der Waals surface area contributed by atoms with Gasteiger partial charge in [0, 0.05) is 0 Å². The number of nitrogens with one attached hydrogen (secondary N) is 1. The zero-order valence-corrected chi connectivity index (χ0v) is 7.37. The molecule has 12 heavy (non-hydrogen) atoms. The largest absolute Gasteiger partial charge is 0.294 e. The van der Waals surface area contributed by atoms with Gasteiger partial charge in [0.15, 0.2) is 0 Å². The number of carbonyl (C=O) groups excluding carboxylic acids is 1. The summed E-state index contributed by atoms with van der Waals surface area (Å²) >= 11 is 0. The molecule has 3 nitrogen and oxygen atoms in total. The third-order valence-corrected chi connectivity index (χ3v) is 2.52. The highest BCUT2D eigenvalue weighted by atomic mass is 16.2. The minimum absolute atomic E-state index is 0.143. The van der Waals surface area contributed by atoms with Crippen LogP contribution >= 0.6 is 0 Å². The van der Waals surface area contributed by atoms with Gasteiger partial charge in [0.25, 0.3) is 0 Å². The molecule has 0 radical (unpaired) electrons. The second-order valence-corrected chi connectivity index (χ2v) is 3.29. The van der Waals surface area contributed by atoms with Crippen LogP contribution in [0, 0.1) is 11.3 Å². The summed E-state index contributed by atoms with van der Waals surface area (Å²) in [7, 11) is 0. The topological polar surface area (TPSA) is 55.1 Å². The monoisotopic (exact) mass is 166 g/mol. The van der Waals surface area contributed by atoms with E-state index in [1.54, 1.807) is 0 Å². The molecule has 0 fully saturated rings. The van der Waals surface area contributed by atoms with E-state index in [1.807, 2.05) is 38.2 Å². The molecule has 2 unspecified atom stereocenters. The van der Waals surface area contributed by atoms with Crippen LogP contribution in [-0.4, -0.2) is 5.91 Å². The van der Waals surface area contributed by atoms with E-state index in [0.717, 1.165) is 0 Å². The smallest absolute Gasteiger partial charge is 0.244 e. The van der Waals surface area contributed by atoms with Gasteiger partial charge in [0.05, 0.1) is 5.41 Å². The second-order valence-electron chi connectivity index (χ2n) is 3.29.